The molecule has 2 aromatic rings. The molecule has 0 aliphatic carbocycles. The van der Waals surface area contributed by atoms with Crippen LogP contribution in [-0.4, -0.2) is 68.0 Å². The third-order valence-corrected chi connectivity index (χ3v) is 4.67. The molecule has 0 spiro atoms. The van der Waals surface area contributed by atoms with Crippen molar-refractivity contribution in [3.8, 4) is 11.3 Å². The fraction of sp³-hybridized carbons (Fsp3) is 0.400. The molecular weight excluding hydrogens is 312 g/mol. The Bertz CT molecular complexity index is 747. The van der Waals surface area contributed by atoms with Crippen molar-refractivity contribution < 1.29 is 4.79 Å². The number of aryl methyl sites for hydroxylation is 1. The molecule has 1 aliphatic rings. The second kappa shape index (κ2) is 7.23. The molecule has 0 saturated carbocycles. The van der Waals surface area contributed by atoms with Gasteiger partial charge in [0.15, 0.2) is 0 Å². The molecule has 25 heavy (non-hydrogen) atoms. The maximum atomic E-state index is 13.0. The number of carbonyl (C=O) groups is 1. The van der Waals surface area contributed by atoms with E-state index in [2.05, 4.69) is 43.1 Å². The molecule has 5 heteroatoms. The van der Waals surface area contributed by atoms with Crippen LogP contribution in [0.25, 0.3) is 11.3 Å². The van der Waals surface area contributed by atoms with Gasteiger partial charge in [-0.15, -0.1) is 0 Å². The van der Waals surface area contributed by atoms with Gasteiger partial charge in [-0.1, -0.05) is 29.8 Å². The van der Waals surface area contributed by atoms with Crippen LogP contribution in [0.3, 0.4) is 0 Å². The SMILES string of the molecule is Cc1ccc(-c2ccc(C(=O)N3CCN(C)CC3)c(N(C)C)n2)cc1. The van der Waals surface area contributed by atoms with E-state index in [0.29, 0.717) is 5.56 Å². The normalized spacial score (nSPS) is 15.3. The number of pyridine rings is 1. The van der Waals surface area contributed by atoms with Gasteiger partial charge in [-0.25, -0.2) is 4.98 Å². The second-order valence-electron chi connectivity index (χ2n) is 6.92. The smallest absolute Gasteiger partial charge is 0.257 e. The molecule has 1 aliphatic heterocycles. The van der Waals surface area contributed by atoms with Gasteiger partial charge in [-0.3, -0.25) is 4.79 Å². The van der Waals surface area contributed by atoms with Crippen molar-refractivity contribution in [2.45, 2.75) is 6.92 Å². The minimum Gasteiger partial charge on any atom is -0.362 e. The number of hydrogen-bond donors (Lipinski definition) is 0. The summed E-state index contributed by atoms with van der Waals surface area (Å²) in [7, 11) is 5.95. The van der Waals surface area contributed by atoms with Crippen LogP contribution in [0.1, 0.15) is 15.9 Å². The molecule has 1 aromatic heterocycles. The number of anilines is 1. The minimum absolute atomic E-state index is 0.0692. The van der Waals surface area contributed by atoms with Crippen LogP contribution in [-0.2, 0) is 0 Å². The highest BCUT2D eigenvalue weighted by Crippen LogP contribution is 2.25. The Morgan fingerprint density at radius 1 is 1.00 bits per heavy atom. The Morgan fingerprint density at radius 3 is 2.24 bits per heavy atom. The molecule has 3 rings (SSSR count). The third-order valence-electron chi connectivity index (χ3n) is 4.67. The lowest BCUT2D eigenvalue weighted by molar-refractivity contribution is 0.0664. The molecule has 2 heterocycles. The molecule has 0 atom stereocenters. The largest absolute Gasteiger partial charge is 0.362 e. The number of hydrogen-bond acceptors (Lipinski definition) is 4. The van der Waals surface area contributed by atoms with Crippen LogP contribution in [0.15, 0.2) is 36.4 Å². The molecular formula is C20H26N4O. The fourth-order valence-electron chi connectivity index (χ4n) is 3.02. The van der Waals surface area contributed by atoms with Crippen LogP contribution in [0, 0.1) is 6.92 Å². The summed E-state index contributed by atoms with van der Waals surface area (Å²) in [6, 6.07) is 12.2. The van der Waals surface area contributed by atoms with Crippen molar-refractivity contribution in [2.75, 3.05) is 52.2 Å². The van der Waals surface area contributed by atoms with Gasteiger partial charge in [0.25, 0.3) is 5.91 Å². The number of piperazine rings is 1. The topological polar surface area (TPSA) is 39.7 Å². The summed E-state index contributed by atoms with van der Waals surface area (Å²) in [5.74, 6) is 0.793. The molecule has 1 fully saturated rings. The van der Waals surface area contributed by atoms with Crippen LogP contribution in [0.2, 0.25) is 0 Å². The number of benzene rings is 1. The fourth-order valence-corrected chi connectivity index (χ4v) is 3.02. The number of nitrogens with zero attached hydrogens (tertiary/aromatic N) is 4. The summed E-state index contributed by atoms with van der Waals surface area (Å²) in [4.78, 5) is 23.8. The Kier molecular flexibility index (Phi) is 5.04. The maximum Gasteiger partial charge on any atom is 0.257 e. The predicted octanol–water partition coefficient (Wildman–Crippen LogP) is 2.51. The van der Waals surface area contributed by atoms with Crippen LogP contribution < -0.4 is 4.90 Å². The summed E-state index contributed by atoms with van der Waals surface area (Å²) in [5, 5.41) is 0. The van der Waals surface area contributed by atoms with E-state index < -0.39 is 0 Å². The van der Waals surface area contributed by atoms with Crippen molar-refractivity contribution in [1.82, 2.24) is 14.8 Å². The molecule has 0 bridgehead atoms. The van der Waals surface area contributed by atoms with E-state index >= 15 is 0 Å². The van der Waals surface area contributed by atoms with Crippen molar-refractivity contribution in [1.29, 1.82) is 0 Å². The summed E-state index contributed by atoms with van der Waals surface area (Å²) in [6.45, 7) is 5.43. The van der Waals surface area contributed by atoms with E-state index in [-0.39, 0.29) is 5.91 Å². The summed E-state index contributed by atoms with van der Waals surface area (Å²) in [5.41, 5.74) is 3.84. The number of rotatable bonds is 3. The molecule has 1 saturated heterocycles. The first kappa shape index (κ1) is 17.4. The van der Waals surface area contributed by atoms with E-state index in [1.54, 1.807) is 0 Å². The molecule has 0 N–H and O–H groups in total. The van der Waals surface area contributed by atoms with Gasteiger partial charge in [0.1, 0.15) is 5.82 Å². The first-order valence-corrected chi connectivity index (χ1v) is 8.69. The van der Waals surface area contributed by atoms with Crippen molar-refractivity contribution >= 4 is 11.7 Å². The van der Waals surface area contributed by atoms with Crippen LogP contribution >= 0.6 is 0 Å². The first-order chi connectivity index (χ1) is 12.0. The van der Waals surface area contributed by atoms with E-state index in [0.717, 1.165) is 43.3 Å². The van der Waals surface area contributed by atoms with Gasteiger partial charge in [-0.05, 0) is 26.1 Å². The average Bonchev–Trinajstić information content (AvgIpc) is 2.62. The summed E-state index contributed by atoms with van der Waals surface area (Å²) >= 11 is 0. The molecule has 5 nitrogen and oxygen atoms in total. The summed E-state index contributed by atoms with van der Waals surface area (Å²) in [6.07, 6.45) is 0. The zero-order valence-electron chi connectivity index (χ0n) is 15.5. The van der Waals surface area contributed by atoms with E-state index in [1.165, 1.54) is 5.56 Å². The van der Waals surface area contributed by atoms with Gasteiger partial charge < -0.3 is 14.7 Å². The van der Waals surface area contributed by atoms with Gasteiger partial charge in [0.05, 0.1) is 11.3 Å². The van der Waals surface area contributed by atoms with Crippen molar-refractivity contribution in [3.05, 3.63) is 47.5 Å². The van der Waals surface area contributed by atoms with Crippen molar-refractivity contribution in [3.63, 3.8) is 0 Å². The van der Waals surface area contributed by atoms with E-state index in [4.69, 9.17) is 4.98 Å². The maximum absolute atomic E-state index is 13.0. The van der Waals surface area contributed by atoms with Crippen LogP contribution in [0.4, 0.5) is 5.82 Å². The molecule has 0 radical (unpaired) electrons. The first-order valence-electron chi connectivity index (χ1n) is 8.69. The standard InChI is InChI=1S/C20H26N4O/c1-15-5-7-16(8-6-15)18-10-9-17(19(21-18)22(2)3)20(25)24-13-11-23(4)12-14-24/h5-10H,11-14H2,1-4H3. The average molecular weight is 338 g/mol. The number of likely N-dealkylation sites (N-methyl/N-ethyl adjacent to an activating group) is 1. The molecule has 0 unspecified atom stereocenters. The Morgan fingerprint density at radius 2 is 1.64 bits per heavy atom. The lowest BCUT2D eigenvalue weighted by Crippen LogP contribution is -2.47. The van der Waals surface area contributed by atoms with E-state index in [9.17, 15) is 4.79 Å². The molecule has 1 aromatic carbocycles. The lowest BCUT2D eigenvalue weighted by atomic mass is 10.1. The highest BCUT2D eigenvalue weighted by atomic mass is 16.2. The number of carbonyl (C=O) groups excluding carboxylic acids is 1. The van der Waals surface area contributed by atoms with Crippen molar-refractivity contribution in [2.24, 2.45) is 0 Å². The van der Waals surface area contributed by atoms with Gasteiger partial charge in [-0.2, -0.15) is 0 Å². The Balaban J connectivity index is 1.92. The monoisotopic (exact) mass is 338 g/mol. The zero-order valence-corrected chi connectivity index (χ0v) is 15.5. The quantitative estimate of drug-likeness (QED) is 0.862. The highest BCUT2D eigenvalue weighted by Gasteiger charge is 2.24. The van der Waals surface area contributed by atoms with E-state index in [1.807, 2.05) is 36.0 Å². The molecule has 1 amide bonds. The van der Waals surface area contributed by atoms with Crippen LogP contribution in [0.5, 0.6) is 0 Å². The highest BCUT2D eigenvalue weighted by molar-refractivity contribution is 5.99. The Labute approximate surface area is 149 Å². The van der Waals surface area contributed by atoms with Gasteiger partial charge >= 0.3 is 0 Å². The lowest BCUT2D eigenvalue weighted by Gasteiger charge is -2.33. The minimum atomic E-state index is 0.0692. The predicted molar refractivity (Wildman–Crippen MR) is 102 cm³/mol. The van der Waals surface area contributed by atoms with Gasteiger partial charge in [0, 0.05) is 45.8 Å². The number of amides is 1. The molecule has 132 valence electrons. The third kappa shape index (κ3) is 3.82. The Hall–Kier alpha value is -2.40. The second-order valence-corrected chi connectivity index (χ2v) is 6.92. The number of aromatic nitrogens is 1. The summed E-state index contributed by atoms with van der Waals surface area (Å²) < 4.78 is 0. The van der Waals surface area contributed by atoms with Gasteiger partial charge in [0.2, 0.25) is 0 Å². The zero-order chi connectivity index (χ0) is 18.0.